The summed E-state index contributed by atoms with van der Waals surface area (Å²) in [6.07, 6.45) is 0. The predicted octanol–water partition coefficient (Wildman–Crippen LogP) is 3.39. The first kappa shape index (κ1) is 17.0. The summed E-state index contributed by atoms with van der Waals surface area (Å²) in [5, 5.41) is 0.502. The normalized spacial score (nSPS) is 11.4. The van der Waals surface area contributed by atoms with Gasteiger partial charge in [-0.3, -0.25) is 9.52 Å². The molecule has 0 amide bonds. The second kappa shape index (κ2) is 6.69. The van der Waals surface area contributed by atoms with Crippen LogP contribution in [-0.4, -0.2) is 18.4 Å². The Hall–Kier alpha value is -3.45. The number of anilines is 1. The van der Waals surface area contributed by atoms with Gasteiger partial charge in [0.05, 0.1) is 15.8 Å². The molecule has 0 radical (unpaired) electrons. The van der Waals surface area contributed by atoms with Gasteiger partial charge in [0.25, 0.3) is 15.6 Å². The molecular weight excluding hydrogens is 362 g/mol. The van der Waals surface area contributed by atoms with E-state index >= 15 is 0 Å². The highest BCUT2D eigenvalue weighted by atomic mass is 32.2. The number of aromatic nitrogens is 2. The van der Waals surface area contributed by atoms with Crippen molar-refractivity contribution in [2.75, 3.05) is 4.72 Å². The van der Waals surface area contributed by atoms with Gasteiger partial charge in [-0.15, -0.1) is 0 Å². The van der Waals surface area contributed by atoms with E-state index in [9.17, 15) is 13.2 Å². The Morgan fingerprint density at radius 2 is 1.59 bits per heavy atom. The van der Waals surface area contributed by atoms with Crippen LogP contribution in [0.15, 0.2) is 88.6 Å². The average molecular weight is 377 g/mol. The number of benzene rings is 3. The molecule has 0 spiro atoms. The molecule has 0 aliphatic heterocycles. The Balaban J connectivity index is 1.72. The van der Waals surface area contributed by atoms with Crippen LogP contribution in [0.2, 0.25) is 0 Å². The lowest BCUT2D eigenvalue weighted by molar-refractivity contribution is 0.601. The van der Waals surface area contributed by atoms with Gasteiger partial charge in [0, 0.05) is 11.3 Å². The highest BCUT2D eigenvalue weighted by Gasteiger charge is 2.14. The molecule has 1 aromatic heterocycles. The zero-order valence-corrected chi connectivity index (χ0v) is 14.9. The Morgan fingerprint density at radius 1 is 0.852 bits per heavy atom. The summed E-state index contributed by atoms with van der Waals surface area (Å²) in [5.41, 5.74) is 1.32. The lowest BCUT2D eigenvalue weighted by Gasteiger charge is -2.09. The topological polar surface area (TPSA) is 91.9 Å². The molecule has 0 aliphatic rings. The summed E-state index contributed by atoms with van der Waals surface area (Å²) in [5.74, 6) is 0.374. The van der Waals surface area contributed by atoms with Crippen LogP contribution in [0.3, 0.4) is 0 Å². The number of aromatic amines is 1. The molecule has 2 N–H and O–H groups in total. The molecule has 1 heterocycles. The molecule has 0 saturated carbocycles. The molecule has 3 aromatic carbocycles. The summed E-state index contributed by atoms with van der Waals surface area (Å²) in [6.45, 7) is 0. The Morgan fingerprint density at radius 3 is 2.41 bits per heavy atom. The summed E-state index contributed by atoms with van der Waals surface area (Å²) >= 11 is 0. The minimum Gasteiger partial charge on any atom is -0.306 e. The van der Waals surface area contributed by atoms with Gasteiger partial charge in [0.15, 0.2) is 0 Å². The van der Waals surface area contributed by atoms with E-state index in [0.29, 0.717) is 28.0 Å². The van der Waals surface area contributed by atoms with Crippen LogP contribution in [0.5, 0.6) is 0 Å². The molecule has 0 aliphatic carbocycles. The van der Waals surface area contributed by atoms with E-state index in [2.05, 4.69) is 14.7 Å². The standard InChI is InChI=1S/C20H15N3O3S/c24-20-17-11-4-5-12-18(17)21-19(22-20)14-7-6-8-15(13-14)23-27(25,26)16-9-2-1-3-10-16/h1-13,23H,(H,21,22,24). The van der Waals surface area contributed by atoms with Crippen LogP contribution in [-0.2, 0) is 10.0 Å². The highest BCUT2D eigenvalue weighted by Crippen LogP contribution is 2.22. The van der Waals surface area contributed by atoms with Crippen LogP contribution in [0.4, 0.5) is 5.69 Å². The molecule has 0 bridgehead atoms. The van der Waals surface area contributed by atoms with E-state index < -0.39 is 10.0 Å². The largest absolute Gasteiger partial charge is 0.306 e. The maximum atomic E-state index is 12.5. The number of fused-ring (bicyclic) bond motifs is 1. The van der Waals surface area contributed by atoms with Gasteiger partial charge in [-0.25, -0.2) is 13.4 Å². The highest BCUT2D eigenvalue weighted by molar-refractivity contribution is 7.92. The van der Waals surface area contributed by atoms with Crippen LogP contribution in [0, 0.1) is 0 Å². The first-order valence-electron chi connectivity index (χ1n) is 8.20. The number of hydrogen-bond acceptors (Lipinski definition) is 4. The van der Waals surface area contributed by atoms with Crippen molar-refractivity contribution in [1.82, 2.24) is 9.97 Å². The van der Waals surface area contributed by atoms with Crippen molar-refractivity contribution in [2.45, 2.75) is 4.90 Å². The summed E-state index contributed by atoms with van der Waals surface area (Å²) in [7, 11) is -3.70. The van der Waals surface area contributed by atoms with E-state index in [1.807, 2.05) is 6.07 Å². The first-order chi connectivity index (χ1) is 13.0. The van der Waals surface area contributed by atoms with Gasteiger partial charge >= 0.3 is 0 Å². The molecule has 27 heavy (non-hydrogen) atoms. The quantitative estimate of drug-likeness (QED) is 0.570. The van der Waals surface area contributed by atoms with Crippen molar-refractivity contribution in [3.8, 4) is 11.4 Å². The lowest BCUT2D eigenvalue weighted by Crippen LogP contribution is -2.13. The maximum absolute atomic E-state index is 12.5. The first-order valence-corrected chi connectivity index (χ1v) is 9.69. The number of rotatable bonds is 4. The van der Waals surface area contributed by atoms with E-state index in [-0.39, 0.29) is 10.5 Å². The van der Waals surface area contributed by atoms with E-state index in [0.717, 1.165) is 0 Å². The third-order valence-corrected chi connectivity index (χ3v) is 5.45. The Labute approximate surface area is 155 Å². The fraction of sp³-hybridized carbons (Fsp3) is 0. The van der Waals surface area contributed by atoms with Crippen molar-refractivity contribution in [1.29, 1.82) is 0 Å². The molecule has 4 rings (SSSR count). The van der Waals surface area contributed by atoms with Crippen molar-refractivity contribution in [3.05, 3.63) is 89.2 Å². The zero-order chi connectivity index (χ0) is 18.9. The van der Waals surface area contributed by atoms with Crippen LogP contribution in [0.1, 0.15) is 0 Å². The number of sulfonamides is 1. The second-order valence-electron chi connectivity index (χ2n) is 5.93. The van der Waals surface area contributed by atoms with Gasteiger partial charge in [0.1, 0.15) is 5.82 Å². The van der Waals surface area contributed by atoms with Gasteiger partial charge in [0.2, 0.25) is 0 Å². The second-order valence-corrected chi connectivity index (χ2v) is 7.61. The predicted molar refractivity (Wildman–Crippen MR) is 105 cm³/mol. The van der Waals surface area contributed by atoms with Gasteiger partial charge in [-0.05, 0) is 36.4 Å². The summed E-state index contributed by atoms with van der Waals surface area (Å²) in [4.78, 5) is 19.7. The van der Waals surface area contributed by atoms with Crippen molar-refractivity contribution < 1.29 is 8.42 Å². The third kappa shape index (κ3) is 3.45. The zero-order valence-electron chi connectivity index (χ0n) is 14.1. The number of hydrogen-bond donors (Lipinski definition) is 2. The average Bonchev–Trinajstić information content (AvgIpc) is 2.68. The third-order valence-electron chi connectivity index (χ3n) is 4.05. The van der Waals surface area contributed by atoms with E-state index in [1.165, 1.54) is 12.1 Å². The molecule has 6 nitrogen and oxygen atoms in total. The molecule has 0 atom stereocenters. The maximum Gasteiger partial charge on any atom is 0.261 e. The number of nitrogens with zero attached hydrogens (tertiary/aromatic N) is 1. The van der Waals surface area contributed by atoms with Crippen molar-refractivity contribution in [2.24, 2.45) is 0 Å². The smallest absolute Gasteiger partial charge is 0.261 e. The Kier molecular flexibility index (Phi) is 4.21. The molecular formula is C20H15N3O3S. The summed E-state index contributed by atoms with van der Waals surface area (Å²) < 4.78 is 27.5. The fourth-order valence-corrected chi connectivity index (χ4v) is 3.84. The summed E-state index contributed by atoms with van der Waals surface area (Å²) in [6, 6.07) is 21.9. The molecule has 0 unspecified atom stereocenters. The van der Waals surface area contributed by atoms with E-state index in [1.54, 1.807) is 60.7 Å². The van der Waals surface area contributed by atoms with E-state index in [4.69, 9.17) is 0 Å². The Bertz CT molecular complexity index is 1280. The SMILES string of the molecule is O=c1[nH]c(-c2cccc(NS(=O)(=O)c3ccccc3)c2)nc2ccccc12. The van der Waals surface area contributed by atoms with Gasteiger partial charge < -0.3 is 4.98 Å². The van der Waals surface area contributed by atoms with Crippen LogP contribution >= 0.6 is 0 Å². The van der Waals surface area contributed by atoms with Crippen LogP contribution < -0.4 is 10.3 Å². The van der Waals surface area contributed by atoms with Crippen molar-refractivity contribution in [3.63, 3.8) is 0 Å². The molecule has 0 fully saturated rings. The van der Waals surface area contributed by atoms with Crippen LogP contribution in [0.25, 0.3) is 22.3 Å². The minimum absolute atomic E-state index is 0.174. The van der Waals surface area contributed by atoms with Crippen molar-refractivity contribution >= 4 is 26.6 Å². The molecule has 7 heteroatoms. The fourth-order valence-electron chi connectivity index (χ4n) is 2.77. The lowest BCUT2D eigenvalue weighted by atomic mass is 10.1. The molecule has 134 valence electrons. The number of nitrogens with one attached hydrogen (secondary N) is 2. The number of H-pyrrole nitrogens is 1. The number of para-hydroxylation sites is 1. The molecule has 0 saturated heterocycles. The van der Waals surface area contributed by atoms with Gasteiger partial charge in [-0.1, -0.05) is 42.5 Å². The minimum atomic E-state index is -3.70. The molecule has 4 aromatic rings. The van der Waals surface area contributed by atoms with Gasteiger partial charge in [-0.2, -0.15) is 0 Å². The monoisotopic (exact) mass is 377 g/mol.